The fraction of sp³-hybridized carbons (Fsp3) is 0.130. The van der Waals surface area contributed by atoms with E-state index in [1.54, 1.807) is 0 Å². The van der Waals surface area contributed by atoms with Crippen molar-refractivity contribution in [3.05, 3.63) is 108 Å². The van der Waals surface area contributed by atoms with Crippen LogP contribution in [0.4, 0.5) is 0 Å². The number of rotatable bonds is 7. The molecule has 0 aromatic heterocycles. The molecule has 0 bridgehead atoms. The van der Waals surface area contributed by atoms with E-state index in [9.17, 15) is 4.57 Å². The Kier molecular flexibility index (Phi) is 6.49. The fourth-order valence-corrected chi connectivity index (χ4v) is 6.07. The van der Waals surface area contributed by atoms with E-state index in [4.69, 9.17) is 0 Å². The van der Waals surface area contributed by atoms with Crippen LogP contribution in [-0.4, -0.2) is 0 Å². The Morgan fingerprint density at radius 3 is 1.96 bits per heavy atom. The van der Waals surface area contributed by atoms with Gasteiger partial charge in [-0.05, 0) is 47.9 Å². The topological polar surface area (TPSA) is 29.1 Å². The Morgan fingerprint density at radius 1 is 0.926 bits per heavy atom. The Labute approximate surface area is 169 Å². The largest absolute Gasteiger partial charge is 0.297 e. The Hall–Kier alpha value is -1.93. The van der Waals surface area contributed by atoms with Gasteiger partial charge in [-0.1, -0.05) is 77.5 Å². The molecule has 138 valence electrons. The van der Waals surface area contributed by atoms with Gasteiger partial charge in [0.25, 0.3) is 0 Å². The Bertz CT molecular complexity index is 899. The third-order valence-electron chi connectivity index (χ3n) is 4.67. The minimum absolute atomic E-state index is 0.0973. The summed E-state index contributed by atoms with van der Waals surface area (Å²) in [5.74, 6) is 0.0973. The molecule has 0 radical (unpaired) electrons. The van der Waals surface area contributed by atoms with Crippen LogP contribution in [0.5, 0.6) is 0 Å². The summed E-state index contributed by atoms with van der Waals surface area (Å²) in [5.41, 5.74) is 1.07. The van der Waals surface area contributed by atoms with Crippen LogP contribution in [-0.2, 0) is 4.57 Å². The molecule has 0 amide bonds. The van der Waals surface area contributed by atoms with Gasteiger partial charge in [-0.15, -0.1) is 6.58 Å². The van der Waals surface area contributed by atoms with Crippen molar-refractivity contribution >= 4 is 33.8 Å². The van der Waals surface area contributed by atoms with Crippen molar-refractivity contribution in [1.82, 2.24) is 5.09 Å². The van der Waals surface area contributed by atoms with E-state index in [0.29, 0.717) is 0 Å². The number of halogens is 1. The Morgan fingerprint density at radius 2 is 1.48 bits per heavy atom. The molecule has 0 aliphatic heterocycles. The summed E-state index contributed by atoms with van der Waals surface area (Å²) in [6, 6.07) is 27.3. The van der Waals surface area contributed by atoms with Crippen molar-refractivity contribution < 1.29 is 4.57 Å². The molecule has 0 aliphatic carbocycles. The molecule has 0 heterocycles. The first-order valence-electron chi connectivity index (χ1n) is 8.91. The molecule has 0 aliphatic rings. The zero-order chi connectivity index (χ0) is 19.3. The highest BCUT2D eigenvalue weighted by Crippen LogP contribution is 2.43. The van der Waals surface area contributed by atoms with E-state index in [-0.39, 0.29) is 12.0 Å². The molecule has 2 unspecified atom stereocenters. The van der Waals surface area contributed by atoms with Gasteiger partial charge in [-0.25, -0.2) is 0 Å². The van der Waals surface area contributed by atoms with Gasteiger partial charge in [-0.3, -0.25) is 9.65 Å². The minimum atomic E-state index is -3.04. The van der Waals surface area contributed by atoms with Gasteiger partial charge in [0, 0.05) is 21.1 Å². The molecule has 2 atom stereocenters. The maximum absolute atomic E-state index is 14.3. The van der Waals surface area contributed by atoms with Crippen LogP contribution in [0, 0.1) is 5.92 Å². The lowest BCUT2D eigenvalue weighted by Crippen LogP contribution is -2.33. The monoisotopic (exact) mass is 439 g/mol. The van der Waals surface area contributed by atoms with Crippen LogP contribution in [0.2, 0.25) is 0 Å². The van der Waals surface area contributed by atoms with Crippen molar-refractivity contribution in [2.75, 3.05) is 0 Å². The second-order valence-electron chi connectivity index (χ2n) is 6.54. The van der Waals surface area contributed by atoms with Crippen molar-refractivity contribution in [2.24, 2.45) is 5.92 Å². The lowest BCUT2D eigenvalue weighted by Gasteiger charge is -2.30. The zero-order valence-electron chi connectivity index (χ0n) is 15.3. The van der Waals surface area contributed by atoms with Gasteiger partial charge < -0.3 is 0 Å². The first-order chi connectivity index (χ1) is 13.0. The molecule has 1 N–H and O–H groups in total. The average molecular weight is 440 g/mol. The van der Waals surface area contributed by atoms with Gasteiger partial charge in [-0.2, -0.15) is 0 Å². The van der Waals surface area contributed by atoms with Gasteiger partial charge >= 0.3 is 0 Å². The smallest absolute Gasteiger partial charge is 0.205 e. The third kappa shape index (κ3) is 4.50. The van der Waals surface area contributed by atoms with E-state index < -0.39 is 7.29 Å². The standard InChI is InChI=1S/C23H23BrNOP/c1-3-18(2)23(19-11-10-12-20(24)17-19)25-27(26,21-13-6-4-7-14-21)22-15-8-5-9-16-22/h3-18,23H,1H2,2H3,(H,25,26). The molecule has 4 heteroatoms. The molecule has 2 nitrogen and oxygen atoms in total. The maximum Gasteiger partial charge on any atom is 0.205 e. The van der Waals surface area contributed by atoms with Gasteiger partial charge in [0.15, 0.2) is 0 Å². The highest BCUT2D eigenvalue weighted by atomic mass is 79.9. The van der Waals surface area contributed by atoms with E-state index in [1.165, 1.54) is 0 Å². The summed E-state index contributed by atoms with van der Waals surface area (Å²) in [7, 11) is -3.04. The third-order valence-corrected chi connectivity index (χ3v) is 7.85. The molecule has 3 aromatic carbocycles. The molecular formula is C23H23BrNOP. The lowest BCUT2D eigenvalue weighted by molar-refractivity contribution is 0.505. The molecule has 0 saturated heterocycles. The van der Waals surface area contributed by atoms with Crippen LogP contribution in [0.3, 0.4) is 0 Å². The molecule has 0 saturated carbocycles. The van der Waals surface area contributed by atoms with E-state index >= 15 is 0 Å². The van der Waals surface area contributed by atoms with Crippen molar-refractivity contribution in [2.45, 2.75) is 13.0 Å². The maximum atomic E-state index is 14.3. The summed E-state index contributed by atoms with van der Waals surface area (Å²) >= 11 is 3.55. The zero-order valence-corrected chi connectivity index (χ0v) is 17.7. The summed E-state index contributed by atoms with van der Waals surface area (Å²) in [6.07, 6.45) is 1.90. The van der Waals surface area contributed by atoms with E-state index in [2.05, 4.69) is 46.7 Å². The van der Waals surface area contributed by atoms with Crippen LogP contribution in [0.25, 0.3) is 0 Å². The normalized spacial score (nSPS) is 13.7. The van der Waals surface area contributed by atoms with E-state index in [1.807, 2.05) is 78.9 Å². The number of benzene rings is 3. The summed E-state index contributed by atoms with van der Waals surface area (Å²) in [4.78, 5) is 0. The van der Waals surface area contributed by atoms with Crippen molar-refractivity contribution in [3.8, 4) is 0 Å². The molecular weight excluding hydrogens is 417 g/mol. The van der Waals surface area contributed by atoms with Crippen LogP contribution in [0.15, 0.2) is 102 Å². The van der Waals surface area contributed by atoms with Crippen molar-refractivity contribution in [3.63, 3.8) is 0 Å². The Balaban J connectivity index is 2.11. The average Bonchev–Trinajstić information content (AvgIpc) is 2.72. The SMILES string of the molecule is C=CC(C)C(NP(=O)(c1ccccc1)c1ccccc1)c1cccc(Br)c1. The van der Waals surface area contributed by atoms with Crippen LogP contribution < -0.4 is 15.7 Å². The number of hydrogen-bond acceptors (Lipinski definition) is 1. The van der Waals surface area contributed by atoms with Gasteiger partial charge in [0.1, 0.15) is 0 Å². The quantitative estimate of drug-likeness (QED) is 0.370. The predicted molar refractivity (Wildman–Crippen MR) is 119 cm³/mol. The highest BCUT2D eigenvalue weighted by molar-refractivity contribution is 9.10. The summed E-state index contributed by atoms with van der Waals surface area (Å²) < 4.78 is 15.3. The van der Waals surface area contributed by atoms with Crippen LogP contribution >= 0.6 is 23.2 Å². The summed E-state index contributed by atoms with van der Waals surface area (Å²) in [6.45, 7) is 6.05. The first-order valence-corrected chi connectivity index (χ1v) is 11.4. The molecule has 3 rings (SSSR count). The van der Waals surface area contributed by atoms with Gasteiger partial charge in [0.05, 0.1) is 0 Å². The lowest BCUT2D eigenvalue weighted by atomic mass is 9.96. The highest BCUT2D eigenvalue weighted by Gasteiger charge is 2.32. The minimum Gasteiger partial charge on any atom is -0.297 e. The fourth-order valence-electron chi connectivity index (χ4n) is 3.10. The van der Waals surface area contributed by atoms with Crippen LogP contribution in [0.1, 0.15) is 18.5 Å². The second kappa shape index (κ2) is 8.84. The molecule has 0 fully saturated rings. The second-order valence-corrected chi connectivity index (χ2v) is 9.96. The van der Waals surface area contributed by atoms with Gasteiger partial charge in [0.2, 0.25) is 7.29 Å². The first kappa shape index (κ1) is 19.8. The molecule has 3 aromatic rings. The summed E-state index contributed by atoms with van der Waals surface area (Å²) in [5, 5.41) is 5.12. The molecule has 0 spiro atoms. The number of nitrogens with one attached hydrogen (secondary N) is 1. The molecule has 27 heavy (non-hydrogen) atoms. The number of hydrogen-bond donors (Lipinski definition) is 1. The predicted octanol–water partition coefficient (Wildman–Crippen LogP) is 5.83. The van der Waals surface area contributed by atoms with Crippen molar-refractivity contribution in [1.29, 1.82) is 0 Å². The van der Waals surface area contributed by atoms with E-state index in [0.717, 1.165) is 20.6 Å².